The lowest BCUT2D eigenvalue weighted by atomic mass is 10.1. The third kappa shape index (κ3) is 5.16. The Kier molecular flexibility index (Phi) is 7.51. The minimum absolute atomic E-state index is 0.699. The van der Waals surface area contributed by atoms with Gasteiger partial charge in [-0.1, -0.05) is 43.9 Å². The number of aromatic amines is 2. The van der Waals surface area contributed by atoms with Gasteiger partial charge in [-0.25, -0.2) is 9.97 Å². The number of pyridine rings is 1. The summed E-state index contributed by atoms with van der Waals surface area (Å²) in [6.07, 6.45) is 14.0. The lowest BCUT2D eigenvalue weighted by Gasteiger charge is -2.06. The van der Waals surface area contributed by atoms with Gasteiger partial charge in [0.2, 0.25) is 0 Å². The van der Waals surface area contributed by atoms with E-state index in [1.54, 1.807) is 0 Å². The summed E-state index contributed by atoms with van der Waals surface area (Å²) in [5.74, 6) is 0.699. The molecular weight excluding hydrogens is 384 g/mol. The molecule has 3 aromatic heterocycles. The second-order valence-corrected chi connectivity index (χ2v) is 7.09. The van der Waals surface area contributed by atoms with Crippen molar-refractivity contribution < 1.29 is 0 Å². The van der Waals surface area contributed by atoms with E-state index < -0.39 is 0 Å². The molecule has 3 N–H and O–H groups in total. The molecule has 0 aromatic carbocycles. The van der Waals surface area contributed by atoms with Crippen LogP contribution in [0.5, 0.6) is 0 Å². The molecule has 0 aliphatic heterocycles. The lowest BCUT2D eigenvalue weighted by molar-refractivity contribution is 0.785. The first kappa shape index (κ1) is 22.2. The number of allylic oxidation sites excluding steroid dienone is 6. The zero-order valence-electron chi connectivity index (χ0n) is 18.7. The smallest absolute Gasteiger partial charge is 0.161 e. The molecular formula is C25H30N6. The number of imidazole rings is 1. The molecule has 6 nitrogen and oxygen atoms in total. The van der Waals surface area contributed by atoms with Gasteiger partial charge in [0.05, 0.1) is 16.9 Å². The first-order valence-corrected chi connectivity index (χ1v) is 10.5. The van der Waals surface area contributed by atoms with Crippen molar-refractivity contribution in [1.29, 1.82) is 0 Å². The Balaban J connectivity index is 2.00. The van der Waals surface area contributed by atoms with Gasteiger partial charge in [-0.05, 0) is 62.7 Å². The summed E-state index contributed by atoms with van der Waals surface area (Å²) < 4.78 is 0. The standard InChI is InChI=1S/C25H30N6/c1-6-10-11-12-20-17(5)27-25(29-20)24-23-22(30-31-24)14-13-21(28-23)19(8-3)15-18(7-2)16-26-9-4/h6-8,10-15,26H,2,9,16H2,1,3-5H3,(H,27,29)(H,30,31)/b10-6-,12-11-,18-15+,19-8+. The Morgan fingerprint density at radius 2 is 2.03 bits per heavy atom. The van der Waals surface area contributed by atoms with Crippen LogP contribution in [0.4, 0.5) is 0 Å². The molecule has 0 aliphatic rings. The number of aryl methyl sites for hydroxylation is 1. The highest BCUT2D eigenvalue weighted by Crippen LogP contribution is 2.26. The molecule has 3 aromatic rings. The first-order chi connectivity index (χ1) is 15.1. The number of H-pyrrole nitrogens is 2. The number of rotatable bonds is 9. The molecule has 0 fully saturated rings. The first-order valence-electron chi connectivity index (χ1n) is 10.5. The van der Waals surface area contributed by atoms with Crippen molar-refractivity contribution in [2.75, 3.05) is 13.1 Å². The Labute approximate surface area is 183 Å². The molecule has 3 heterocycles. The van der Waals surface area contributed by atoms with E-state index in [4.69, 9.17) is 9.97 Å². The van der Waals surface area contributed by atoms with Crippen LogP contribution in [-0.4, -0.2) is 38.2 Å². The molecule has 3 rings (SSSR count). The minimum atomic E-state index is 0.699. The van der Waals surface area contributed by atoms with E-state index in [-0.39, 0.29) is 0 Å². The molecule has 160 valence electrons. The topological polar surface area (TPSA) is 82.3 Å². The number of fused-ring (bicyclic) bond motifs is 1. The van der Waals surface area contributed by atoms with Gasteiger partial charge in [-0.3, -0.25) is 5.10 Å². The Morgan fingerprint density at radius 3 is 2.74 bits per heavy atom. The predicted octanol–water partition coefficient (Wildman–Crippen LogP) is 5.37. The average molecular weight is 415 g/mol. The fourth-order valence-corrected chi connectivity index (χ4v) is 3.19. The van der Waals surface area contributed by atoms with Crippen LogP contribution in [0.1, 0.15) is 37.9 Å². The third-order valence-corrected chi connectivity index (χ3v) is 4.90. The van der Waals surface area contributed by atoms with Crippen LogP contribution in [0.3, 0.4) is 0 Å². The number of hydrogen-bond donors (Lipinski definition) is 3. The van der Waals surface area contributed by atoms with Gasteiger partial charge in [0.15, 0.2) is 11.5 Å². The minimum Gasteiger partial charge on any atom is -0.340 e. The van der Waals surface area contributed by atoms with Gasteiger partial charge in [-0.15, -0.1) is 0 Å². The number of likely N-dealkylation sites (N-methyl/N-ethyl adjacent to an activating group) is 1. The van der Waals surface area contributed by atoms with Crippen molar-refractivity contribution in [2.45, 2.75) is 27.7 Å². The number of nitrogens with zero attached hydrogens (tertiary/aromatic N) is 3. The molecule has 31 heavy (non-hydrogen) atoms. The van der Waals surface area contributed by atoms with Crippen LogP contribution in [-0.2, 0) is 0 Å². The van der Waals surface area contributed by atoms with Crippen LogP contribution in [0.15, 0.2) is 60.7 Å². The maximum absolute atomic E-state index is 4.91. The molecule has 0 spiro atoms. The van der Waals surface area contributed by atoms with E-state index >= 15 is 0 Å². The molecule has 0 amide bonds. The maximum atomic E-state index is 4.91. The number of hydrogen-bond acceptors (Lipinski definition) is 4. The summed E-state index contributed by atoms with van der Waals surface area (Å²) in [6, 6.07) is 4.01. The van der Waals surface area contributed by atoms with Crippen LogP contribution in [0, 0.1) is 6.92 Å². The highest BCUT2D eigenvalue weighted by atomic mass is 15.1. The van der Waals surface area contributed by atoms with Crippen molar-refractivity contribution >= 4 is 22.7 Å². The SMILES string of the molecule is C=C/C(=C\C(=C/C)c1ccc2[nH]nc(-c3nc(/C=C\C=C/C)c(C)[nH]3)c2n1)CNCC. The predicted molar refractivity (Wildman–Crippen MR) is 131 cm³/mol. The van der Waals surface area contributed by atoms with E-state index in [0.29, 0.717) is 11.5 Å². The van der Waals surface area contributed by atoms with E-state index in [0.717, 1.165) is 52.4 Å². The normalized spacial score (nSPS) is 13.2. The summed E-state index contributed by atoms with van der Waals surface area (Å²) in [4.78, 5) is 13.0. The Morgan fingerprint density at radius 1 is 1.19 bits per heavy atom. The van der Waals surface area contributed by atoms with Crippen molar-refractivity contribution in [2.24, 2.45) is 0 Å². The molecule has 0 unspecified atom stereocenters. The highest BCUT2D eigenvalue weighted by molar-refractivity contribution is 5.89. The fourth-order valence-electron chi connectivity index (χ4n) is 3.19. The molecule has 0 bridgehead atoms. The Bertz CT molecular complexity index is 1170. The summed E-state index contributed by atoms with van der Waals surface area (Å²) >= 11 is 0. The number of aromatic nitrogens is 5. The largest absolute Gasteiger partial charge is 0.340 e. The van der Waals surface area contributed by atoms with Crippen molar-refractivity contribution in [3.8, 4) is 11.5 Å². The molecule has 6 heteroatoms. The van der Waals surface area contributed by atoms with Gasteiger partial charge in [0.25, 0.3) is 0 Å². The van der Waals surface area contributed by atoms with Gasteiger partial charge in [-0.2, -0.15) is 5.10 Å². The van der Waals surface area contributed by atoms with Crippen LogP contribution in [0.2, 0.25) is 0 Å². The summed E-state index contributed by atoms with van der Waals surface area (Å²) in [5, 5.41) is 10.9. The van der Waals surface area contributed by atoms with Crippen LogP contribution >= 0.6 is 0 Å². The van der Waals surface area contributed by atoms with Crippen molar-refractivity contribution in [3.63, 3.8) is 0 Å². The zero-order valence-corrected chi connectivity index (χ0v) is 18.7. The second-order valence-electron chi connectivity index (χ2n) is 7.09. The van der Waals surface area contributed by atoms with E-state index in [9.17, 15) is 0 Å². The van der Waals surface area contributed by atoms with Gasteiger partial charge < -0.3 is 10.3 Å². The van der Waals surface area contributed by atoms with Gasteiger partial charge >= 0.3 is 0 Å². The summed E-state index contributed by atoms with van der Waals surface area (Å²) in [6.45, 7) is 13.7. The van der Waals surface area contributed by atoms with Gasteiger partial charge in [0, 0.05) is 12.2 Å². The third-order valence-electron chi connectivity index (χ3n) is 4.90. The second kappa shape index (κ2) is 10.5. The lowest BCUT2D eigenvalue weighted by Crippen LogP contribution is -2.15. The molecule has 0 saturated heterocycles. The zero-order chi connectivity index (χ0) is 22.2. The summed E-state index contributed by atoms with van der Waals surface area (Å²) in [5.41, 5.74) is 7.27. The van der Waals surface area contributed by atoms with E-state index in [1.165, 1.54) is 0 Å². The number of nitrogens with one attached hydrogen (secondary N) is 3. The molecule has 0 atom stereocenters. The Hall–Kier alpha value is -3.51. The quantitative estimate of drug-likeness (QED) is 0.411. The van der Waals surface area contributed by atoms with Crippen molar-refractivity contribution in [3.05, 3.63) is 77.8 Å². The highest BCUT2D eigenvalue weighted by Gasteiger charge is 2.15. The maximum Gasteiger partial charge on any atom is 0.161 e. The van der Waals surface area contributed by atoms with Gasteiger partial charge in [0.1, 0.15) is 5.52 Å². The van der Waals surface area contributed by atoms with Crippen LogP contribution < -0.4 is 5.32 Å². The van der Waals surface area contributed by atoms with Crippen molar-refractivity contribution in [1.82, 2.24) is 30.5 Å². The molecule has 0 radical (unpaired) electrons. The van der Waals surface area contributed by atoms with Crippen LogP contribution in [0.25, 0.3) is 34.2 Å². The molecule has 0 saturated carbocycles. The summed E-state index contributed by atoms with van der Waals surface area (Å²) in [7, 11) is 0. The van der Waals surface area contributed by atoms with E-state index in [1.807, 2.05) is 63.3 Å². The fraction of sp³-hybridized carbons (Fsp3) is 0.240. The monoisotopic (exact) mass is 414 g/mol. The molecule has 0 aliphatic carbocycles. The average Bonchev–Trinajstić information content (AvgIpc) is 3.37. The van der Waals surface area contributed by atoms with E-state index in [2.05, 4.69) is 46.2 Å².